The van der Waals surface area contributed by atoms with Crippen LogP contribution in [-0.4, -0.2) is 46.8 Å². The van der Waals surface area contributed by atoms with Gasteiger partial charge in [0.15, 0.2) is 0 Å². The fraction of sp³-hybridized carbons (Fsp3) is 0.474. The summed E-state index contributed by atoms with van der Waals surface area (Å²) in [6.07, 6.45) is 5.71. The van der Waals surface area contributed by atoms with Gasteiger partial charge in [-0.3, -0.25) is 9.48 Å². The zero-order valence-corrected chi connectivity index (χ0v) is 15.5. The minimum absolute atomic E-state index is 0. The second kappa shape index (κ2) is 9.59. The molecule has 0 unspecified atom stereocenters. The van der Waals surface area contributed by atoms with Gasteiger partial charge in [0.25, 0.3) is 5.91 Å². The number of rotatable bonds is 6. The van der Waals surface area contributed by atoms with Crippen LogP contribution < -0.4 is 5.32 Å². The predicted molar refractivity (Wildman–Crippen MR) is 102 cm³/mol. The second-order valence-corrected chi connectivity index (χ2v) is 6.46. The Hall–Kier alpha value is -1.85. The molecule has 1 fully saturated rings. The van der Waals surface area contributed by atoms with Gasteiger partial charge < -0.3 is 10.2 Å². The number of likely N-dealkylation sites (tertiary alicyclic amines) is 1. The summed E-state index contributed by atoms with van der Waals surface area (Å²) in [5, 5.41) is 7.75. The third kappa shape index (κ3) is 5.31. The van der Waals surface area contributed by atoms with Crippen LogP contribution in [0.25, 0.3) is 0 Å². The summed E-state index contributed by atoms with van der Waals surface area (Å²) in [4.78, 5) is 14.6. The number of benzene rings is 1. The van der Waals surface area contributed by atoms with Gasteiger partial charge >= 0.3 is 0 Å². The number of carbonyl (C=O) groups is 1. The summed E-state index contributed by atoms with van der Waals surface area (Å²) in [5.74, 6) is 0.797. The molecule has 25 heavy (non-hydrogen) atoms. The van der Waals surface area contributed by atoms with Crippen LogP contribution in [0, 0.1) is 5.92 Å². The Bertz CT molecular complexity index is 650. The smallest absolute Gasteiger partial charge is 0.257 e. The summed E-state index contributed by atoms with van der Waals surface area (Å²) < 4.78 is 1.83. The van der Waals surface area contributed by atoms with E-state index in [-0.39, 0.29) is 18.3 Å². The number of halogens is 1. The fourth-order valence-electron chi connectivity index (χ4n) is 3.20. The first-order valence-corrected chi connectivity index (χ1v) is 8.82. The molecule has 1 amide bonds. The zero-order valence-electron chi connectivity index (χ0n) is 14.7. The van der Waals surface area contributed by atoms with Crippen molar-refractivity contribution in [1.82, 2.24) is 20.0 Å². The Balaban J connectivity index is 0.00000225. The number of aromatic nitrogens is 2. The van der Waals surface area contributed by atoms with Gasteiger partial charge in [-0.2, -0.15) is 5.10 Å². The van der Waals surface area contributed by atoms with E-state index in [0.717, 1.165) is 39.0 Å². The first kappa shape index (κ1) is 19.5. The number of nitrogens with zero attached hydrogens (tertiary/aromatic N) is 3. The topological polar surface area (TPSA) is 50.2 Å². The number of carbonyl (C=O) groups excluding carboxylic acids is 1. The highest BCUT2D eigenvalue weighted by Crippen LogP contribution is 2.18. The number of hydrogen-bond donors (Lipinski definition) is 1. The van der Waals surface area contributed by atoms with Gasteiger partial charge in [-0.25, -0.2) is 0 Å². The lowest BCUT2D eigenvalue weighted by molar-refractivity contribution is 0.0690. The van der Waals surface area contributed by atoms with Crippen LogP contribution >= 0.6 is 12.4 Å². The lowest BCUT2D eigenvalue weighted by Gasteiger charge is -2.31. The van der Waals surface area contributed by atoms with Gasteiger partial charge in [-0.05, 0) is 37.4 Å². The first-order valence-electron chi connectivity index (χ1n) is 8.82. The summed E-state index contributed by atoms with van der Waals surface area (Å²) in [6, 6.07) is 10.2. The lowest BCUT2D eigenvalue weighted by Crippen LogP contribution is -2.40. The zero-order chi connectivity index (χ0) is 16.8. The van der Waals surface area contributed by atoms with E-state index in [1.165, 1.54) is 5.56 Å². The number of nitrogens with one attached hydrogen (secondary N) is 1. The molecule has 2 aromatic rings. The van der Waals surface area contributed by atoms with Crippen molar-refractivity contribution in [3.8, 4) is 0 Å². The molecule has 2 heterocycles. The van der Waals surface area contributed by atoms with Gasteiger partial charge in [0.2, 0.25) is 0 Å². The molecular weight excluding hydrogens is 336 g/mol. The van der Waals surface area contributed by atoms with Crippen LogP contribution in [0.5, 0.6) is 0 Å². The van der Waals surface area contributed by atoms with Crippen LogP contribution in [0.4, 0.5) is 0 Å². The average molecular weight is 363 g/mol. The van der Waals surface area contributed by atoms with Crippen molar-refractivity contribution in [3.05, 3.63) is 53.9 Å². The average Bonchev–Trinajstić information content (AvgIpc) is 3.09. The predicted octanol–water partition coefficient (Wildman–Crippen LogP) is 2.81. The van der Waals surface area contributed by atoms with Crippen LogP contribution in [0.1, 0.15) is 35.7 Å². The number of piperidine rings is 1. The molecule has 0 saturated carbocycles. The highest BCUT2D eigenvalue weighted by atomic mass is 35.5. The van der Waals surface area contributed by atoms with E-state index in [1.54, 1.807) is 6.20 Å². The maximum atomic E-state index is 12.6. The lowest BCUT2D eigenvalue weighted by atomic mass is 9.96. The molecule has 0 bridgehead atoms. The van der Waals surface area contributed by atoms with Gasteiger partial charge in [0.1, 0.15) is 0 Å². The maximum Gasteiger partial charge on any atom is 0.257 e. The molecule has 0 radical (unpaired) electrons. The Morgan fingerprint density at radius 1 is 1.24 bits per heavy atom. The SMILES string of the molecule is CCNCC1CCN(C(=O)c2cnn(Cc3ccccc3)c2)CC1.Cl. The van der Waals surface area contributed by atoms with Crippen LogP contribution in [0.15, 0.2) is 42.7 Å². The quantitative estimate of drug-likeness (QED) is 0.859. The molecule has 5 nitrogen and oxygen atoms in total. The van der Waals surface area contributed by atoms with Gasteiger partial charge in [-0.15, -0.1) is 12.4 Å². The molecule has 136 valence electrons. The molecule has 0 aliphatic carbocycles. The second-order valence-electron chi connectivity index (χ2n) is 6.46. The van der Waals surface area contributed by atoms with Crippen molar-refractivity contribution >= 4 is 18.3 Å². The van der Waals surface area contributed by atoms with E-state index >= 15 is 0 Å². The van der Waals surface area contributed by atoms with Gasteiger partial charge in [0, 0.05) is 19.3 Å². The Morgan fingerprint density at radius 3 is 2.64 bits per heavy atom. The minimum Gasteiger partial charge on any atom is -0.339 e. The molecule has 1 aliphatic heterocycles. The number of hydrogen-bond acceptors (Lipinski definition) is 3. The van der Waals surface area contributed by atoms with Crippen LogP contribution in [0.3, 0.4) is 0 Å². The Morgan fingerprint density at radius 2 is 1.96 bits per heavy atom. The molecular formula is C19H27ClN4O. The standard InChI is InChI=1S/C19H26N4O.ClH/c1-2-20-12-16-8-10-22(11-9-16)19(24)18-13-21-23(15-18)14-17-6-4-3-5-7-17;/h3-7,13,15-16,20H,2,8-12,14H2,1H3;1H. The maximum absolute atomic E-state index is 12.6. The van der Waals surface area contributed by atoms with Gasteiger partial charge in [-0.1, -0.05) is 37.3 Å². The van der Waals surface area contributed by atoms with Crippen molar-refractivity contribution in [3.63, 3.8) is 0 Å². The minimum atomic E-state index is 0. The Labute approximate surface area is 155 Å². The van der Waals surface area contributed by atoms with Crippen molar-refractivity contribution in [2.45, 2.75) is 26.3 Å². The molecule has 0 spiro atoms. The molecule has 1 aromatic heterocycles. The number of amides is 1. The summed E-state index contributed by atoms with van der Waals surface area (Å²) in [5.41, 5.74) is 1.87. The van der Waals surface area contributed by atoms with E-state index in [0.29, 0.717) is 18.0 Å². The molecule has 1 aliphatic rings. The highest BCUT2D eigenvalue weighted by Gasteiger charge is 2.24. The largest absolute Gasteiger partial charge is 0.339 e. The van der Waals surface area contributed by atoms with Gasteiger partial charge in [0.05, 0.1) is 18.3 Å². The van der Waals surface area contributed by atoms with E-state index in [1.807, 2.05) is 34.0 Å². The first-order chi connectivity index (χ1) is 11.8. The van der Waals surface area contributed by atoms with Crippen LogP contribution in [-0.2, 0) is 6.54 Å². The van der Waals surface area contributed by atoms with E-state index in [4.69, 9.17) is 0 Å². The van der Waals surface area contributed by atoms with E-state index in [9.17, 15) is 4.79 Å². The monoisotopic (exact) mass is 362 g/mol. The fourth-order valence-corrected chi connectivity index (χ4v) is 3.20. The molecule has 6 heteroatoms. The van der Waals surface area contributed by atoms with Crippen molar-refractivity contribution in [2.75, 3.05) is 26.2 Å². The highest BCUT2D eigenvalue weighted by molar-refractivity contribution is 5.93. The molecule has 1 aromatic carbocycles. The third-order valence-corrected chi connectivity index (χ3v) is 4.65. The van der Waals surface area contributed by atoms with E-state index in [2.05, 4.69) is 29.5 Å². The molecule has 0 atom stereocenters. The Kier molecular flexibility index (Phi) is 7.47. The van der Waals surface area contributed by atoms with Crippen LogP contribution in [0.2, 0.25) is 0 Å². The summed E-state index contributed by atoms with van der Waals surface area (Å²) in [7, 11) is 0. The normalized spacial score (nSPS) is 15.0. The molecule has 1 N–H and O–H groups in total. The van der Waals surface area contributed by atoms with Crippen molar-refractivity contribution in [1.29, 1.82) is 0 Å². The van der Waals surface area contributed by atoms with E-state index < -0.39 is 0 Å². The van der Waals surface area contributed by atoms with Crippen molar-refractivity contribution in [2.24, 2.45) is 5.92 Å². The molecule has 1 saturated heterocycles. The summed E-state index contributed by atoms with van der Waals surface area (Å²) in [6.45, 7) is 6.59. The van der Waals surface area contributed by atoms with Crippen molar-refractivity contribution < 1.29 is 4.79 Å². The molecule has 3 rings (SSSR count). The summed E-state index contributed by atoms with van der Waals surface area (Å²) >= 11 is 0. The third-order valence-electron chi connectivity index (χ3n) is 4.65.